The minimum Gasteiger partial charge on any atom is -0.377 e. The molecule has 4 heteroatoms. The molecule has 4 nitrogen and oxygen atoms in total. The molecule has 0 atom stereocenters. The van der Waals surface area contributed by atoms with Gasteiger partial charge in [-0.2, -0.15) is 0 Å². The smallest absolute Gasteiger partial charge is 0.202 e. The van der Waals surface area contributed by atoms with E-state index in [1.165, 1.54) is 0 Å². The lowest BCUT2D eigenvalue weighted by molar-refractivity contribution is 0.0730. The van der Waals surface area contributed by atoms with Crippen molar-refractivity contribution < 1.29 is 4.74 Å². The van der Waals surface area contributed by atoms with Gasteiger partial charge in [-0.1, -0.05) is 0 Å². The first kappa shape index (κ1) is 11.0. The second-order valence-electron chi connectivity index (χ2n) is 3.39. The van der Waals surface area contributed by atoms with E-state index in [4.69, 9.17) is 4.74 Å². The molecule has 1 heterocycles. The van der Waals surface area contributed by atoms with Crippen LogP contribution in [-0.4, -0.2) is 28.8 Å². The van der Waals surface area contributed by atoms with Crippen molar-refractivity contribution in [3.05, 3.63) is 12.4 Å². The minimum atomic E-state index is 0.293. The molecule has 0 saturated carbocycles. The Bertz CT molecular complexity index is 258. The van der Waals surface area contributed by atoms with Gasteiger partial charge in [-0.25, -0.2) is 4.98 Å². The number of hydrogen-bond acceptors (Lipinski definition) is 3. The number of anilines is 1. The number of nitrogens with zero attached hydrogens (tertiary/aromatic N) is 2. The number of rotatable bonds is 6. The van der Waals surface area contributed by atoms with E-state index in [1.807, 2.05) is 20.0 Å². The van der Waals surface area contributed by atoms with Crippen LogP contribution in [-0.2, 0) is 11.3 Å². The van der Waals surface area contributed by atoms with E-state index >= 15 is 0 Å². The van der Waals surface area contributed by atoms with Crippen molar-refractivity contribution in [3.8, 4) is 0 Å². The molecule has 0 amide bonds. The summed E-state index contributed by atoms with van der Waals surface area (Å²) in [5.41, 5.74) is 0. The molecule has 0 radical (unpaired) electrons. The van der Waals surface area contributed by atoms with Gasteiger partial charge in [0.2, 0.25) is 5.95 Å². The van der Waals surface area contributed by atoms with Gasteiger partial charge in [-0.05, 0) is 20.8 Å². The van der Waals surface area contributed by atoms with Crippen LogP contribution in [0.25, 0.3) is 0 Å². The summed E-state index contributed by atoms with van der Waals surface area (Å²) in [5.74, 6) is 0.917. The highest BCUT2D eigenvalue weighted by molar-refractivity contribution is 5.25. The molecule has 0 aliphatic carbocycles. The van der Waals surface area contributed by atoms with Crippen molar-refractivity contribution in [2.45, 2.75) is 33.4 Å². The first-order valence-corrected chi connectivity index (χ1v) is 5.10. The van der Waals surface area contributed by atoms with Crippen LogP contribution >= 0.6 is 0 Å². The zero-order chi connectivity index (χ0) is 10.4. The Kier molecular flexibility index (Phi) is 4.46. The predicted octanol–water partition coefficient (Wildman–Crippen LogP) is 1.74. The zero-order valence-electron chi connectivity index (χ0n) is 9.16. The van der Waals surface area contributed by atoms with Gasteiger partial charge < -0.3 is 14.6 Å². The lowest BCUT2D eigenvalue weighted by atomic mass is 10.5. The summed E-state index contributed by atoms with van der Waals surface area (Å²) in [6, 6.07) is 0. The Labute approximate surface area is 85.3 Å². The number of hydrogen-bond donors (Lipinski definition) is 1. The molecular weight excluding hydrogens is 178 g/mol. The summed E-state index contributed by atoms with van der Waals surface area (Å²) >= 11 is 0. The Balaban J connectivity index is 2.37. The third-order valence-electron chi connectivity index (χ3n) is 1.83. The largest absolute Gasteiger partial charge is 0.377 e. The average Bonchev–Trinajstić information content (AvgIpc) is 2.53. The van der Waals surface area contributed by atoms with Crippen LogP contribution in [0.1, 0.15) is 20.8 Å². The third-order valence-corrected chi connectivity index (χ3v) is 1.83. The first-order valence-electron chi connectivity index (χ1n) is 5.10. The van der Waals surface area contributed by atoms with E-state index in [2.05, 4.69) is 21.8 Å². The van der Waals surface area contributed by atoms with E-state index in [0.717, 1.165) is 25.6 Å². The number of ether oxygens (including phenoxy) is 1. The normalized spacial score (nSPS) is 10.9. The van der Waals surface area contributed by atoms with Crippen molar-refractivity contribution in [2.75, 3.05) is 18.5 Å². The summed E-state index contributed by atoms with van der Waals surface area (Å²) in [6.45, 7) is 8.61. The standard InChI is InChI=1S/C10H19N3O/c1-4-11-10-12-5-6-13(10)7-8-14-9(2)3/h5-6,9H,4,7-8H2,1-3H3,(H,11,12). The topological polar surface area (TPSA) is 39.1 Å². The number of aromatic nitrogens is 2. The maximum absolute atomic E-state index is 5.47. The first-order chi connectivity index (χ1) is 6.74. The second kappa shape index (κ2) is 5.65. The van der Waals surface area contributed by atoms with Gasteiger partial charge in [0.05, 0.1) is 12.7 Å². The maximum atomic E-state index is 5.47. The molecule has 0 saturated heterocycles. The molecule has 1 aromatic rings. The lowest BCUT2D eigenvalue weighted by Crippen LogP contribution is -2.12. The van der Waals surface area contributed by atoms with Crippen LogP contribution in [0.15, 0.2) is 12.4 Å². The summed E-state index contributed by atoms with van der Waals surface area (Å²) in [7, 11) is 0. The molecule has 1 N–H and O–H groups in total. The molecule has 0 bridgehead atoms. The minimum absolute atomic E-state index is 0.293. The molecule has 14 heavy (non-hydrogen) atoms. The molecule has 0 aliphatic heterocycles. The second-order valence-corrected chi connectivity index (χ2v) is 3.39. The Morgan fingerprint density at radius 3 is 3.00 bits per heavy atom. The quantitative estimate of drug-likeness (QED) is 0.755. The molecular formula is C10H19N3O. The van der Waals surface area contributed by atoms with Crippen molar-refractivity contribution in [3.63, 3.8) is 0 Å². The highest BCUT2D eigenvalue weighted by atomic mass is 16.5. The third kappa shape index (κ3) is 3.38. The van der Waals surface area contributed by atoms with Gasteiger partial charge in [0.25, 0.3) is 0 Å². The molecule has 80 valence electrons. The summed E-state index contributed by atoms with van der Waals surface area (Å²) in [6.07, 6.45) is 4.05. The van der Waals surface area contributed by atoms with Gasteiger partial charge in [-0.3, -0.25) is 0 Å². The van der Waals surface area contributed by atoms with Crippen molar-refractivity contribution >= 4 is 5.95 Å². The number of nitrogens with one attached hydrogen (secondary N) is 1. The van der Waals surface area contributed by atoms with Crippen molar-refractivity contribution in [1.82, 2.24) is 9.55 Å². The predicted molar refractivity (Wildman–Crippen MR) is 57.5 cm³/mol. The summed E-state index contributed by atoms with van der Waals surface area (Å²) in [4.78, 5) is 4.20. The summed E-state index contributed by atoms with van der Waals surface area (Å²) < 4.78 is 7.53. The van der Waals surface area contributed by atoms with Crippen LogP contribution < -0.4 is 5.32 Å². The fraction of sp³-hybridized carbons (Fsp3) is 0.700. The van der Waals surface area contributed by atoms with Gasteiger partial charge in [0.1, 0.15) is 0 Å². The molecule has 0 aliphatic rings. The zero-order valence-corrected chi connectivity index (χ0v) is 9.16. The van der Waals surface area contributed by atoms with Crippen LogP contribution in [0.2, 0.25) is 0 Å². The Morgan fingerprint density at radius 1 is 1.57 bits per heavy atom. The fourth-order valence-electron chi connectivity index (χ4n) is 1.20. The van der Waals surface area contributed by atoms with Gasteiger partial charge in [0, 0.05) is 25.5 Å². The molecule has 0 spiro atoms. The van der Waals surface area contributed by atoms with Crippen LogP contribution in [0.5, 0.6) is 0 Å². The van der Waals surface area contributed by atoms with E-state index < -0.39 is 0 Å². The Hall–Kier alpha value is -1.03. The number of imidazole rings is 1. The monoisotopic (exact) mass is 197 g/mol. The molecule has 1 rings (SSSR count). The van der Waals surface area contributed by atoms with Crippen molar-refractivity contribution in [1.29, 1.82) is 0 Å². The maximum Gasteiger partial charge on any atom is 0.202 e. The van der Waals surface area contributed by atoms with Crippen molar-refractivity contribution in [2.24, 2.45) is 0 Å². The molecule has 0 fully saturated rings. The van der Waals surface area contributed by atoms with E-state index in [1.54, 1.807) is 6.20 Å². The molecule has 1 aromatic heterocycles. The van der Waals surface area contributed by atoms with E-state index in [0.29, 0.717) is 6.10 Å². The molecule has 0 unspecified atom stereocenters. The van der Waals surface area contributed by atoms with Crippen LogP contribution in [0.4, 0.5) is 5.95 Å². The summed E-state index contributed by atoms with van der Waals surface area (Å²) in [5, 5.41) is 3.19. The average molecular weight is 197 g/mol. The van der Waals surface area contributed by atoms with Crippen LogP contribution in [0, 0.1) is 0 Å². The fourth-order valence-corrected chi connectivity index (χ4v) is 1.20. The van der Waals surface area contributed by atoms with Gasteiger partial charge in [0.15, 0.2) is 0 Å². The van der Waals surface area contributed by atoms with E-state index in [9.17, 15) is 0 Å². The highest BCUT2D eigenvalue weighted by Crippen LogP contribution is 2.03. The van der Waals surface area contributed by atoms with E-state index in [-0.39, 0.29) is 0 Å². The molecule has 0 aromatic carbocycles. The van der Waals surface area contributed by atoms with Gasteiger partial charge >= 0.3 is 0 Å². The van der Waals surface area contributed by atoms with Gasteiger partial charge in [-0.15, -0.1) is 0 Å². The lowest BCUT2D eigenvalue weighted by Gasteiger charge is -2.10. The highest BCUT2D eigenvalue weighted by Gasteiger charge is 2.00. The van der Waals surface area contributed by atoms with Crippen LogP contribution in [0.3, 0.4) is 0 Å². The Morgan fingerprint density at radius 2 is 2.36 bits per heavy atom. The SMILES string of the molecule is CCNc1nccn1CCOC(C)C.